The van der Waals surface area contributed by atoms with E-state index in [0.29, 0.717) is 6.42 Å². The third-order valence-electron chi connectivity index (χ3n) is 3.54. The number of nitriles is 1. The molecule has 0 aromatic carbocycles. The molecule has 2 fully saturated rings. The first kappa shape index (κ1) is 9.02. The highest BCUT2D eigenvalue weighted by Crippen LogP contribution is 2.48. The van der Waals surface area contributed by atoms with Gasteiger partial charge in [-0.1, -0.05) is 12.8 Å². The Hall–Kier alpha value is -0.550. The first-order valence-electron chi connectivity index (χ1n) is 5.25. The summed E-state index contributed by atoms with van der Waals surface area (Å²) in [6.45, 7) is 2.09. The summed E-state index contributed by atoms with van der Waals surface area (Å²) in [7, 11) is 0. The highest BCUT2D eigenvalue weighted by Gasteiger charge is 2.47. The molecule has 2 heteroatoms. The molecule has 1 aliphatic heterocycles. The summed E-state index contributed by atoms with van der Waals surface area (Å²) in [6, 6.07) is 2.23. The molecule has 0 aromatic rings. The third kappa shape index (κ3) is 1.58. The molecule has 1 spiro atoms. The average molecular weight is 179 g/mol. The van der Waals surface area contributed by atoms with Gasteiger partial charge in [-0.2, -0.15) is 5.26 Å². The molecule has 1 saturated heterocycles. The van der Waals surface area contributed by atoms with Crippen LogP contribution in [-0.4, -0.2) is 11.2 Å². The Morgan fingerprint density at radius 2 is 1.92 bits per heavy atom. The van der Waals surface area contributed by atoms with Crippen LogP contribution in [0.3, 0.4) is 0 Å². The van der Waals surface area contributed by atoms with E-state index in [1.165, 1.54) is 32.1 Å². The summed E-state index contributed by atoms with van der Waals surface area (Å²) in [5, 5.41) is 8.69. The van der Waals surface area contributed by atoms with Gasteiger partial charge in [-0.25, -0.2) is 0 Å². The van der Waals surface area contributed by atoms with Crippen LogP contribution < -0.4 is 0 Å². The Morgan fingerprint density at radius 3 is 2.54 bits per heavy atom. The second-order valence-corrected chi connectivity index (χ2v) is 4.78. The highest BCUT2D eigenvalue weighted by atomic mass is 16.5. The monoisotopic (exact) mass is 179 g/mol. The van der Waals surface area contributed by atoms with E-state index in [9.17, 15) is 0 Å². The van der Waals surface area contributed by atoms with Crippen molar-refractivity contribution in [1.29, 1.82) is 5.26 Å². The van der Waals surface area contributed by atoms with Gasteiger partial charge in [0.05, 0.1) is 23.7 Å². The molecule has 13 heavy (non-hydrogen) atoms. The zero-order chi connectivity index (χ0) is 9.36. The summed E-state index contributed by atoms with van der Waals surface area (Å²) in [5.74, 6) is 0. The lowest BCUT2D eigenvalue weighted by molar-refractivity contribution is -0.0884. The molecule has 72 valence electrons. The lowest BCUT2D eigenvalue weighted by Gasteiger charge is -2.28. The molecule has 1 aliphatic carbocycles. The third-order valence-corrected chi connectivity index (χ3v) is 3.54. The van der Waals surface area contributed by atoms with Gasteiger partial charge in [0.1, 0.15) is 0 Å². The average Bonchev–Trinajstić information content (AvgIpc) is 2.63. The maximum Gasteiger partial charge on any atom is 0.0792 e. The maximum atomic E-state index is 8.69. The van der Waals surface area contributed by atoms with E-state index >= 15 is 0 Å². The van der Waals surface area contributed by atoms with Gasteiger partial charge >= 0.3 is 0 Å². The number of nitrogens with zero attached hydrogens (tertiary/aromatic N) is 1. The van der Waals surface area contributed by atoms with Crippen LogP contribution in [0, 0.1) is 11.3 Å². The van der Waals surface area contributed by atoms with Crippen LogP contribution >= 0.6 is 0 Å². The van der Waals surface area contributed by atoms with Gasteiger partial charge in [0.25, 0.3) is 0 Å². The number of rotatable bonds is 1. The predicted octanol–water partition coefficient (Wildman–Crippen LogP) is 2.78. The topological polar surface area (TPSA) is 33.0 Å². The number of hydrogen-bond acceptors (Lipinski definition) is 2. The van der Waals surface area contributed by atoms with Crippen molar-refractivity contribution >= 4 is 0 Å². The standard InChI is InChI=1S/C11H17NO/c1-10(8-9-12)6-7-11(13-10)4-2-3-5-11/h2-8H2,1H3. The van der Waals surface area contributed by atoms with Crippen molar-refractivity contribution in [2.75, 3.05) is 0 Å². The van der Waals surface area contributed by atoms with Crippen LogP contribution in [0.4, 0.5) is 0 Å². The van der Waals surface area contributed by atoms with E-state index in [2.05, 4.69) is 13.0 Å². The van der Waals surface area contributed by atoms with Gasteiger partial charge in [-0.05, 0) is 32.6 Å². The van der Waals surface area contributed by atoms with Crippen molar-refractivity contribution in [1.82, 2.24) is 0 Å². The van der Waals surface area contributed by atoms with Crippen LogP contribution in [0.25, 0.3) is 0 Å². The van der Waals surface area contributed by atoms with Gasteiger partial charge in [0, 0.05) is 0 Å². The molecule has 2 aliphatic rings. The van der Waals surface area contributed by atoms with E-state index < -0.39 is 0 Å². The smallest absolute Gasteiger partial charge is 0.0792 e. The van der Waals surface area contributed by atoms with E-state index in [4.69, 9.17) is 10.00 Å². The minimum Gasteiger partial charge on any atom is -0.368 e. The minimum absolute atomic E-state index is 0.140. The van der Waals surface area contributed by atoms with Crippen molar-refractivity contribution in [3.05, 3.63) is 0 Å². The van der Waals surface area contributed by atoms with E-state index in [0.717, 1.165) is 6.42 Å². The van der Waals surface area contributed by atoms with Gasteiger partial charge in [0.2, 0.25) is 0 Å². The molecule has 1 unspecified atom stereocenters. The molecule has 0 bridgehead atoms. The van der Waals surface area contributed by atoms with Crippen molar-refractivity contribution < 1.29 is 4.74 Å². The van der Waals surface area contributed by atoms with Crippen LogP contribution in [0.1, 0.15) is 51.9 Å². The fraction of sp³-hybridized carbons (Fsp3) is 0.909. The van der Waals surface area contributed by atoms with Crippen LogP contribution in [0.15, 0.2) is 0 Å². The normalized spacial score (nSPS) is 36.6. The molecule has 1 heterocycles. The summed E-state index contributed by atoms with van der Waals surface area (Å²) >= 11 is 0. The van der Waals surface area contributed by atoms with Crippen molar-refractivity contribution in [2.45, 2.75) is 63.1 Å². The van der Waals surface area contributed by atoms with Crippen LogP contribution in [0.2, 0.25) is 0 Å². The molecule has 1 saturated carbocycles. The summed E-state index contributed by atoms with van der Waals surface area (Å²) in [5.41, 5.74) is 0.0324. The van der Waals surface area contributed by atoms with Crippen LogP contribution in [0.5, 0.6) is 0 Å². The zero-order valence-corrected chi connectivity index (χ0v) is 8.31. The summed E-state index contributed by atoms with van der Waals surface area (Å²) < 4.78 is 6.12. The Morgan fingerprint density at radius 1 is 1.23 bits per heavy atom. The fourth-order valence-electron chi connectivity index (χ4n) is 2.78. The number of hydrogen-bond donors (Lipinski definition) is 0. The predicted molar refractivity (Wildman–Crippen MR) is 50.2 cm³/mol. The zero-order valence-electron chi connectivity index (χ0n) is 8.31. The molecule has 0 aromatic heterocycles. The van der Waals surface area contributed by atoms with Crippen LogP contribution in [-0.2, 0) is 4.74 Å². The molecule has 0 radical (unpaired) electrons. The molecular formula is C11H17NO. The van der Waals surface area contributed by atoms with Gasteiger partial charge < -0.3 is 4.74 Å². The molecule has 0 N–H and O–H groups in total. The Bertz CT molecular complexity index is 237. The summed E-state index contributed by atoms with van der Waals surface area (Å²) in [6.07, 6.45) is 7.84. The van der Waals surface area contributed by atoms with Crippen molar-refractivity contribution in [2.24, 2.45) is 0 Å². The van der Waals surface area contributed by atoms with Gasteiger partial charge in [-0.3, -0.25) is 0 Å². The number of ether oxygens (including phenoxy) is 1. The molecule has 1 atom stereocenters. The van der Waals surface area contributed by atoms with E-state index in [1.807, 2.05) is 0 Å². The Kier molecular flexibility index (Phi) is 2.08. The van der Waals surface area contributed by atoms with Gasteiger partial charge in [0.15, 0.2) is 0 Å². The second kappa shape index (κ2) is 2.99. The van der Waals surface area contributed by atoms with Gasteiger partial charge in [-0.15, -0.1) is 0 Å². The second-order valence-electron chi connectivity index (χ2n) is 4.78. The molecular weight excluding hydrogens is 162 g/mol. The fourth-order valence-corrected chi connectivity index (χ4v) is 2.78. The van der Waals surface area contributed by atoms with Crippen molar-refractivity contribution in [3.63, 3.8) is 0 Å². The molecule has 2 rings (SSSR count). The lowest BCUT2D eigenvalue weighted by Crippen LogP contribution is -2.31. The Labute approximate surface area is 79.9 Å². The minimum atomic E-state index is -0.140. The SMILES string of the molecule is CC1(CC#N)CCC2(CCCC2)O1. The highest BCUT2D eigenvalue weighted by molar-refractivity contribution is 5.00. The largest absolute Gasteiger partial charge is 0.368 e. The Balaban J connectivity index is 2.04. The van der Waals surface area contributed by atoms with E-state index in [-0.39, 0.29) is 11.2 Å². The molecule has 0 amide bonds. The van der Waals surface area contributed by atoms with Crippen molar-refractivity contribution in [3.8, 4) is 6.07 Å². The lowest BCUT2D eigenvalue weighted by atomic mass is 9.94. The summed E-state index contributed by atoms with van der Waals surface area (Å²) in [4.78, 5) is 0. The first-order chi connectivity index (χ1) is 6.18. The first-order valence-corrected chi connectivity index (χ1v) is 5.25. The maximum absolute atomic E-state index is 8.69. The molecule has 2 nitrogen and oxygen atoms in total. The van der Waals surface area contributed by atoms with E-state index in [1.54, 1.807) is 0 Å². The quantitative estimate of drug-likeness (QED) is 0.620.